The van der Waals surface area contributed by atoms with Crippen molar-refractivity contribution in [2.75, 3.05) is 17.8 Å². The molecule has 1 aromatic heterocycles. The number of nitrogens with two attached hydrogens (primary N) is 1. The molecule has 0 spiro atoms. The molecule has 0 fully saturated rings. The van der Waals surface area contributed by atoms with E-state index in [1.807, 2.05) is 27.7 Å². The number of aliphatic hydroxyl groups excluding tert-OH is 2. The van der Waals surface area contributed by atoms with Gasteiger partial charge in [-0.1, -0.05) is 20.8 Å². The maximum atomic E-state index is 9.41. The first-order chi connectivity index (χ1) is 8.79. The van der Waals surface area contributed by atoms with E-state index in [0.717, 1.165) is 10.6 Å². The van der Waals surface area contributed by atoms with Crippen molar-refractivity contribution in [2.24, 2.45) is 5.84 Å². The van der Waals surface area contributed by atoms with Crippen molar-refractivity contribution in [2.45, 2.75) is 44.2 Å². The lowest BCUT2D eigenvalue weighted by Gasteiger charge is -2.20. The number of nitrogen functional groups attached to an aromatic ring is 1. The number of hydrazine groups is 1. The van der Waals surface area contributed by atoms with Gasteiger partial charge >= 0.3 is 0 Å². The smallest absolute Gasteiger partial charge is 0.147 e. The molecule has 5 N–H and O–H groups in total. The fourth-order valence-electron chi connectivity index (χ4n) is 1.34. The molecule has 19 heavy (non-hydrogen) atoms. The topological polar surface area (TPSA) is 104 Å². The fraction of sp³-hybridized carbons (Fsp3) is 0.667. The lowest BCUT2D eigenvalue weighted by atomic mass is 9.95. The standard InChI is InChI=1S/C12H22N4O2S/c1-7-9(16-13)14-11(12(2,3)4)15-10(7)19-6-8(18)5-17/h8,17-18H,5-6,13H2,1-4H3,(H,14,15,16). The summed E-state index contributed by atoms with van der Waals surface area (Å²) >= 11 is 1.38. The lowest BCUT2D eigenvalue weighted by Crippen LogP contribution is -2.21. The molecule has 1 unspecified atom stereocenters. The van der Waals surface area contributed by atoms with Crippen LogP contribution in [0.4, 0.5) is 5.82 Å². The number of nitrogens with one attached hydrogen (secondary N) is 1. The van der Waals surface area contributed by atoms with E-state index in [1.54, 1.807) is 0 Å². The molecule has 1 atom stereocenters. The van der Waals surface area contributed by atoms with Crippen LogP contribution in [0.1, 0.15) is 32.2 Å². The van der Waals surface area contributed by atoms with Crippen molar-refractivity contribution < 1.29 is 10.2 Å². The molecule has 0 aromatic carbocycles. The molecule has 0 aliphatic carbocycles. The van der Waals surface area contributed by atoms with Gasteiger partial charge < -0.3 is 15.6 Å². The van der Waals surface area contributed by atoms with Gasteiger partial charge in [0.05, 0.1) is 12.7 Å². The molecule has 0 bridgehead atoms. The highest BCUT2D eigenvalue weighted by molar-refractivity contribution is 7.99. The van der Waals surface area contributed by atoms with Gasteiger partial charge in [0, 0.05) is 16.7 Å². The monoisotopic (exact) mass is 286 g/mol. The molecule has 0 saturated heterocycles. The highest BCUT2D eigenvalue weighted by Gasteiger charge is 2.21. The Bertz CT molecular complexity index is 434. The zero-order valence-corrected chi connectivity index (χ0v) is 12.6. The summed E-state index contributed by atoms with van der Waals surface area (Å²) in [5.74, 6) is 7.12. The van der Waals surface area contributed by atoms with Crippen LogP contribution in [0.5, 0.6) is 0 Å². The number of aromatic nitrogens is 2. The summed E-state index contributed by atoms with van der Waals surface area (Å²) in [5.41, 5.74) is 3.22. The van der Waals surface area contributed by atoms with Crippen molar-refractivity contribution in [3.8, 4) is 0 Å². The van der Waals surface area contributed by atoms with Crippen molar-refractivity contribution in [3.63, 3.8) is 0 Å². The summed E-state index contributed by atoms with van der Waals surface area (Å²) in [7, 11) is 0. The largest absolute Gasteiger partial charge is 0.394 e. The molecule has 1 aromatic rings. The molecule has 7 heteroatoms. The van der Waals surface area contributed by atoms with Gasteiger partial charge in [0.1, 0.15) is 16.7 Å². The Morgan fingerprint density at radius 1 is 1.37 bits per heavy atom. The molecule has 1 rings (SSSR count). The lowest BCUT2D eigenvalue weighted by molar-refractivity contribution is 0.113. The first-order valence-electron chi connectivity index (χ1n) is 6.07. The summed E-state index contributed by atoms with van der Waals surface area (Å²) in [6.07, 6.45) is -0.758. The van der Waals surface area contributed by atoms with Gasteiger partial charge in [0.25, 0.3) is 0 Å². The van der Waals surface area contributed by atoms with Crippen LogP contribution in [-0.2, 0) is 5.41 Å². The Labute approximate surface area is 117 Å². The minimum atomic E-state index is -0.758. The fourth-order valence-corrected chi connectivity index (χ4v) is 2.26. The summed E-state index contributed by atoms with van der Waals surface area (Å²) in [6.45, 7) is 7.68. The molecule has 0 aliphatic rings. The summed E-state index contributed by atoms with van der Waals surface area (Å²) in [4.78, 5) is 8.92. The van der Waals surface area contributed by atoms with Crippen LogP contribution in [0.2, 0.25) is 0 Å². The van der Waals surface area contributed by atoms with E-state index in [0.29, 0.717) is 17.4 Å². The van der Waals surface area contributed by atoms with Crippen LogP contribution in [0, 0.1) is 6.92 Å². The summed E-state index contributed by atoms with van der Waals surface area (Å²) < 4.78 is 0. The van der Waals surface area contributed by atoms with E-state index in [4.69, 9.17) is 10.9 Å². The van der Waals surface area contributed by atoms with Crippen LogP contribution in [-0.4, -0.2) is 38.6 Å². The molecular weight excluding hydrogens is 264 g/mol. The van der Waals surface area contributed by atoms with Gasteiger partial charge in [-0.05, 0) is 6.92 Å². The second kappa shape index (κ2) is 6.51. The third-order valence-electron chi connectivity index (χ3n) is 2.53. The molecule has 0 amide bonds. The molecule has 0 saturated carbocycles. The van der Waals surface area contributed by atoms with Crippen LogP contribution >= 0.6 is 11.8 Å². The van der Waals surface area contributed by atoms with Gasteiger partial charge in [-0.3, -0.25) is 0 Å². The van der Waals surface area contributed by atoms with Crippen LogP contribution in [0.25, 0.3) is 0 Å². The van der Waals surface area contributed by atoms with Crippen LogP contribution in [0.3, 0.4) is 0 Å². The maximum absolute atomic E-state index is 9.41. The Morgan fingerprint density at radius 2 is 2.00 bits per heavy atom. The van der Waals surface area contributed by atoms with Gasteiger partial charge in [-0.25, -0.2) is 15.8 Å². The second-order valence-corrected chi connectivity index (χ2v) is 6.38. The van der Waals surface area contributed by atoms with Gasteiger partial charge in [-0.2, -0.15) is 0 Å². The van der Waals surface area contributed by atoms with Crippen molar-refractivity contribution in [3.05, 3.63) is 11.4 Å². The van der Waals surface area contributed by atoms with Crippen molar-refractivity contribution in [1.82, 2.24) is 9.97 Å². The van der Waals surface area contributed by atoms with Crippen LogP contribution < -0.4 is 11.3 Å². The quantitative estimate of drug-likeness (QED) is 0.275. The number of hydrogen-bond acceptors (Lipinski definition) is 7. The third kappa shape index (κ3) is 4.31. The maximum Gasteiger partial charge on any atom is 0.147 e. The van der Waals surface area contributed by atoms with E-state index in [-0.39, 0.29) is 12.0 Å². The normalized spacial score (nSPS) is 13.4. The van der Waals surface area contributed by atoms with E-state index in [1.165, 1.54) is 11.8 Å². The minimum Gasteiger partial charge on any atom is -0.394 e. The Kier molecular flexibility index (Phi) is 5.54. The zero-order chi connectivity index (χ0) is 14.6. The summed E-state index contributed by atoms with van der Waals surface area (Å²) in [5, 5.41) is 19.0. The Hall–Kier alpha value is -0.890. The van der Waals surface area contributed by atoms with Gasteiger partial charge in [-0.15, -0.1) is 11.8 Å². The predicted molar refractivity (Wildman–Crippen MR) is 77.1 cm³/mol. The predicted octanol–water partition coefficient (Wildman–Crippen LogP) is 0.813. The highest BCUT2D eigenvalue weighted by atomic mass is 32.2. The molecule has 108 valence electrons. The van der Waals surface area contributed by atoms with Gasteiger partial charge in [0.15, 0.2) is 0 Å². The highest BCUT2D eigenvalue weighted by Crippen LogP contribution is 2.29. The number of nitrogens with zero attached hydrogens (tertiary/aromatic N) is 2. The number of thioether (sulfide) groups is 1. The number of anilines is 1. The first kappa shape index (κ1) is 16.2. The molecular formula is C12H22N4O2S. The average molecular weight is 286 g/mol. The third-order valence-corrected chi connectivity index (χ3v) is 3.75. The Morgan fingerprint density at radius 3 is 2.47 bits per heavy atom. The van der Waals surface area contributed by atoms with Crippen LogP contribution in [0.15, 0.2) is 5.03 Å². The summed E-state index contributed by atoms with van der Waals surface area (Å²) in [6, 6.07) is 0. The molecule has 1 heterocycles. The minimum absolute atomic E-state index is 0.190. The second-order valence-electron chi connectivity index (χ2n) is 5.37. The number of rotatable bonds is 5. The zero-order valence-electron chi connectivity index (χ0n) is 11.8. The molecule has 6 nitrogen and oxygen atoms in total. The van der Waals surface area contributed by atoms with E-state index in [9.17, 15) is 5.11 Å². The molecule has 0 radical (unpaired) electrons. The Balaban J connectivity index is 3.08. The van der Waals surface area contributed by atoms with Crippen molar-refractivity contribution >= 4 is 17.6 Å². The van der Waals surface area contributed by atoms with Crippen molar-refractivity contribution in [1.29, 1.82) is 0 Å². The first-order valence-corrected chi connectivity index (χ1v) is 7.05. The average Bonchev–Trinajstić information content (AvgIpc) is 2.35. The number of aliphatic hydroxyl groups is 2. The van der Waals surface area contributed by atoms with E-state index in [2.05, 4.69) is 15.4 Å². The van der Waals surface area contributed by atoms with E-state index >= 15 is 0 Å². The van der Waals surface area contributed by atoms with Gasteiger partial charge in [0.2, 0.25) is 0 Å². The van der Waals surface area contributed by atoms with E-state index < -0.39 is 6.10 Å². The number of hydrogen-bond donors (Lipinski definition) is 4. The SMILES string of the molecule is Cc1c(NN)nc(C(C)(C)C)nc1SCC(O)CO. The molecule has 0 aliphatic heterocycles.